The fourth-order valence-electron chi connectivity index (χ4n) is 2.66. The molecule has 0 radical (unpaired) electrons. The molecule has 0 spiro atoms. The Hall–Kier alpha value is -0.900. The first-order valence-electron chi connectivity index (χ1n) is 6.90. The highest BCUT2D eigenvalue weighted by atomic mass is 79.9. The Morgan fingerprint density at radius 2 is 2.11 bits per heavy atom. The standard InChI is InChI=1S/C15H19BrFNO/c16-12-7-8-13(14(17)10-12)15(19)18-9-3-6-11-4-1-2-5-11/h7-8,10-11H,1-6,9H2,(H,18,19). The second kappa shape index (κ2) is 7.04. The lowest BCUT2D eigenvalue weighted by Crippen LogP contribution is -2.25. The predicted octanol–water partition coefficient (Wildman–Crippen LogP) is 4.29. The number of amides is 1. The van der Waals surface area contributed by atoms with Crippen molar-refractivity contribution < 1.29 is 9.18 Å². The molecule has 1 N–H and O–H groups in total. The molecular weight excluding hydrogens is 309 g/mol. The topological polar surface area (TPSA) is 29.1 Å². The van der Waals surface area contributed by atoms with Crippen LogP contribution in [-0.4, -0.2) is 12.5 Å². The molecule has 4 heteroatoms. The highest BCUT2D eigenvalue weighted by molar-refractivity contribution is 9.10. The van der Waals surface area contributed by atoms with E-state index in [2.05, 4.69) is 21.2 Å². The van der Waals surface area contributed by atoms with Gasteiger partial charge in [-0.25, -0.2) is 4.39 Å². The van der Waals surface area contributed by atoms with Crippen LogP contribution in [0.4, 0.5) is 4.39 Å². The van der Waals surface area contributed by atoms with Crippen molar-refractivity contribution in [2.45, 2.75) is 38.5 Å². The molecule has 1 amide bonds. The van der Waals surface area contributed by atoms with Crippen molar-refractivity contribution in [2.75, 3.05) is 6.54 Å². The van der Waals surface area contributed by atoms with Gasteiger partial charge in [0.2, 0.25) is 0 Å². The molecule has 0 atom stereocenters. The van der Waals surface area contributed by atoms with Crippen LogP contribution < -0.4 is 5.32 Å². The van der Waals surface area contributed by atoms with Crippen LogP contribution in [0, 0.1) is 11.7 Å². The molecule has 2 rings (SSSR count). The molecule has 0 unspecified atom stereocenters. The molecule has 1 aromatic carbocycles. The van der Waals surface area contributed by atoms with Crippen molar-refractivity contribution in [2.24, 2.45) is 5.92 Å². The van der Waals surface area contributed by atoms with Gasteiger partial charge < -0.3 is 5.32 Å². The summed E-state index contributed by atoms with van der Waals surface area (Å²) >= 11 is 3.18. The van der Waals surface area contributed by atoms with Crippen molar-refractivity contribution in [1.82, 2.24) is 5.32 Å². The van der Waals surface area contributed by atoms with Gasteiger partial charge in [-0.2, -0.15) is 0 Å². The third-order valence-electron chi connectivity index (χ3n) is 3.73. The fraction of sp³-hybridized carbons (Fsp3) is 0.533. The number of benzene rings is 1. The van der Waals surface area contributed by atoms with E-state index in [0.29, 0.717) is 11.0 Å². The van der Waals surface area contributed by atoms with Crippen LogP contribution >= 0.6 is 15.9 Å². The van der Waals surface area contributed by atoms with Crippen molar-refractivity contribution in [1.29, 1.82) is 0 Å². The van der Waals surface area contributed by atoms with E-state index < -0.39 is 5.82 Å². The van der Waals surface area contributed by atoms with Crippen LogP contribution in [0.15, 0.2) is 22.7 Å². The molecule has 0 aromatic heterocycles. The van der Waals surface area contributed by atoms with Gasteiger partial charge in [-0.1, -0.05) is 41.6 Å². The predicted molar refractivity (Wildman–Crippen MR) is 77.6 cm³/mol. The molecule has 1 aromatic rings. The molecule has 1 fully saturated rings. The van der Waals surface area contributed by atoms with E-state index in [1.165, 1.54) is 44.2 Å². The average molecular weight is 328 g/mol. The van der Waals surface area contributed by atoms with Crippen LogP contribution in [0.5, 0.6) is 0 Å². The highest BCUT2D eigenvalue weighted by Gasteiger charge is 2.15. The molecule has 0 saturated heterocycles. The smallest absolute Gasteiger partial charge is 0.254 e. The lowest BCUT2D eigenvalue weighted by molar-refractivity contribution is 0.0948. The zero-order valence-electron chi connectivity index (χ0n) is 10.9. The first-order chi connectivity index (χ1) is 9.16. The summed E-state index contributed by atoms with van der Waals surface area (Å²) in [5, 5.41) is 2.79. The number of hydrogen-bond acceptors (Lipinski definition) is 1. The molecule has 1 aliphatic carbocycles. The Morgan fingerprint density at radius 3 is 2.79 bits per heavy atom. The molecule has 2 nitrogen and oxygen atoms in total. The molecule has 1 saturated carbocycles. The summed E-state index contributed by atoms with van der Waals surface area (Å²) in [5.74, 6) is 0.0282. The number of rotatable bonds is 5. The maximum atomic E-state index is 13.6. The second-order valence-electron chi connectivity index (χ2n) is 5.17. The molecule has 19 heavy (non-hydrogen) atoms. The van der Waals surface area contributed by atoms with E-state index in [1.807, 2.05) is 0 Å². The fourth-order valence-corrected chi connectivity index (χ4v) is 2.99. The van der Waals surface area contributed by atoms with Gasteiger partial charge in [0.1, 0.15) is 5.82 Å². The van der Waals surface area contributed by atoms with Crippen LogP contribution in [0.2, 0.25) is 0 Å². The summed E-state index contributed by atoms with van der Waals surface area (Å²) in [7, 11) is 0. The number of nitrogens with one attached hydrogen (secondary N) is 1. The lowest BCUT2D eigenvalue weighted by atomic mass is 10.0. The Kier molecular flexibility index (Phi) is 5.37. The minimum absolute atomic E-state index is 0.115. The normalized spacial score (nSPS) is 15.7. The summed E-state index contributed by atoms with van der Waals surface area (Å²) in [4.78, 5) is 11.8. The monoisotopic (exact) mass is 327 g/mol. The number of carbonyl (C=O) groups excluding carboxylic acids is 1. The zero-order chi connectivity index (χ0) is 13.7. The Morgan fingerprint density at radius 1 is 1.37 bits per heavy atom. The van der Waals surface area contributed by atoms with Gasteiger partial charge >= 0.3 is 0 Å². The lowest BCUT2D eigenvalue weighted by Gasteiger charge is -2.09. The molecule has 104 valence electrons. The Bertz CT molecular complexity index is 444. The SMILES string of the molecule is O=C(NCCCC1CCCC1)c1ccc(Br)cc1F. The van der Waals surface area contributed by atoms with E-state index in [9.17, 15) is 9.18 Å². The van der Waals surface area contributed by atoms with Gasteiger partial charge in [0.25, 0.3) is 5.91 Å². The maximum absolute atomic E-state index is 13.6. The summed E-state index contributed by atoms with van der Waals surface area (Å²) in [6.45, 7) is 0.630. The summed E-state index contributed by atoms with van der Waals surface area (Å²) in [5.41, 5.74) is 0.115. The van der Waals surface area contributed by atoms with E-state index in [4.69, 9.17) is 0 Å². The summed E-state index contributed by atoms with van der Waals surface area (Å²) < 4.78 is 14.2. The van der Waals surface area contributed by atoms with Crippen LogP contribution in [0.1, 0.15) is 48.9 Å². The molecule has 1 aliphatic rings. The van der Waals surface area contributed by atoms with Crippen molar-refractivity contribution in [3.8, 4) is 0 Å². The Labute approximate surface area is 121 Å². The summed E-state index contributed by atoms with van der Waals surface area (Å²) in [6, 6.07) is 4.50. The molecule has 0 bridgehead atoms. The van der Waals surface area contributed by atoms with Crippen LogP contribution in [0.25, 0.3) is 0 Å². The Balaban J connectivity index is 1.74. The highest BCUT2D eigenvalue weighted by Crippen LogP contribution is 2.28. The van der Waals surface area contributed by atoms with E-state index in [1.54, 1.807) is 6.07 Å². The maximum Gasteiger partial charge on any atom is 0.254 e. The summed E-state index contributed by atoms with van der Waals surface area (Å²) in [6.07, 6.45) is 7.50. The molecular formula is C15H19BrFNO. The minimum Gasteiger partial charge on any atom is -0.352 e. The van der Waals surface area contributed by atoms with E-state index >= 15 is 0 Å². The second-order valence-corrected chi connectivity index (χ2v) is 6.09. The molecule has 0 heterocycles. The van der Waals surface area contributed by atoms with E-state index in [-0.39, 0.29) is 11.5 Å². The van der Waals surface area contributed by atoms with Gasteiger partial charge in [-0.05, 0) is 37.0 Å². The minimum atomic E-state index is -0.484. The van der Waals surface area contributed by atoms with Gasteiger partial charge in [-0.15, -0.1) is 0 Å². The number of hydrogen-bond donors (Lipinski definition) is 1. The zero-order valence-corrected chi connectivity index (χ0v) is 12.5. The van der Waals surface area contributed by atoms with Crippen LogP contribution in [0.3, 0.4) is 0 Å². The number of carbonyl (C=O) groups is 1. The third-order valence-corrected chi connectivity index (χ3v) is 4.22. The van der Waals surface area contributed by atoms with Gasteiger partial charge in [0.05, 0.1) is 5.56 Å². The van der Waals surface area contributed by atoms with Gasteiger partial charge in [0.15, 0.2) is 0 Å². The van der Waals surface area contributed by atoms with Gasteiger partial charge in [0, 0.05) is 11.0 Å². The molecule has 0 aliphatic heterocycles. The van der Waals surface area contributed by atoms with Crippen molar-refractivity contribution in [3.63, 3.8) is 0 Å². The third kappa shape index (κ3) is 4.30. The van der Waals surface area contributed by atoms with Gasteiger partial charge in [-0.3, -0.25) is 4.79 Å². The largest absolute Gasteiger partial charge is 0.352 e. The van der Waals surface area contributed by atoms with Crippen molar-refractivity contribution in [3.05, 3.63) is 34.1 Å². The number of halogens is 2. The van der Waals surface area contributed by atoms with Crippen molar-refractivity contribution >= 4 is 21.8 Å². The van der Waals surface area contributed by atoms with E-state index in [0.717, 1.165) is 12.3 Å². The first kappa shape index (κ1) is 14.5. The quantitative estimate of drug-likeness (QED) is 0.803. The first-order valence-corrected chi connectivity index (χ1v) is 7.69. The van der Waals surface area contributed by atoms with Crippen LogP contribution in [-0.2, 0) is 0 Å². The average Bonchev–Trinajstić information content (AvgIpc) is 2.87.